The molecule has 2 heterocycles. The van der Waals surface area contributed by atoms with E-state index in [1.54, 1.807) is 18.5 Å². The third-order valence-electron chi connectivity index (χ3n) is 4.07. The second kappa shape index (κ2) is 8.53. The van der Waals surface area contributed by atoms with Gasteiger partial charge in [-0.15, -0.1) is 0 Å². The Morgan fingerprint density at radius 2 is 1.85 bits per heavy atom. The first-order valence-electron chi connectivity index (χ1n) is 8.78. The van der Waals surface area contributed by atoms with Crippen molar-refractivity contribution < 1.29 is 8.78 Å². The lowest BCUT2D eigenvalue weighted by Crippen LogP contribution is -2.16. The number of pyridine rings is 1. The third-order valence-corrected chi connectivity index (χ3v) is 4.07. The molecule has 5 nitrogen and oxygen atoms in total. The SMILES string of the molecule is CC[C@H](C)Nc1nc(NCc2cc(F)cc(F)c2)cc(-c2cccnc2)n1. The van der Waals surface area contributed by atoms with Gasteiger partial charge in [-0.3, -0.25) is 4.98 Å². The molecule has 2 aromatic heterocycles. The summed E-state index contributed by atoms with van der Waals surface area (Å²) >= 11 is 0. The molecule has 0 fully saturated rings. The standard InChI is InChI=1S/C20H21F2N5/c1-3-13(2)25-20-26-18(15-5-4-6-23-12-15)10-19(27-20)24-11-14-7-16(21)9-17(22)8-14/h4-10,12-13H,3,11H2,1-2H3,(H2,24,25,26,27)/t13-/m0/s1. The van der Waals surface area contributed by atoms with Crippen LogP contribution in [0, 0.1) is 11.6 Å². The quantitative estimate of drug-likeness (QED) is 0.635. The van der Waals surface area contributed by atoms with Crippen LogP contribution in [0.5, 0.6) is 0 Å². The second-order valence-corrected chi connectivity index (χ2v) is 6.29. The Morgan fingerprint density at radius 1 is 1.07 bits per heavy atom. The van der Waals surface area contributed by atoms with Gasteiger partial charge in [-0.05, 0) is 43.2 Å². The molecule has 3 aromatic rings. The van der Waals surface area contributed by atoms with Crippen molar-refractivity contribution in [3.63, 3.8) is 0 Å². The van der Waals surface area contributed by atoms with Crippen LogP contribution in [0.3, 0.4) is 0 Å². The average molecular weight is 369 g/mol. The van der Waals surface area contributed by atoms with E-state index in [9.17, 15) is 8.78 Å². The third kappa shape index (κ3) is 5.20. The summed E-state index contributed by atoms with van der Waals surface area (Å²) in [5, 5.41) is 6.37. The number of nitrogens with zero attached hydrogens (tertiary/aromatic N) is 3. The molecule has 1 atom stereocenters. The van der Waals surface area contributed by atoms with Crippen molar-refractivity contribution in [2.45, 2.75) is 32.9 Å². The molecule has 3 rings (SSSR count). The van der Waals surface area contributed by atoms with E-state index in [1.807, 2.05) is 19.1 Å². The molecule has 0 unspecified atom stereocenters. The molecule has 0 saturated carbocycles. The molecule has 0 aliphatic rings. The summed E-state index contributed by atoms with van der Waals surface area (Å²) in [5.74, 6) is -0.174. The topological polar surface area (TPSA) is 62.7 Å². The van der Waals surface area contributed by atoms with Crippen molar-refractivity contribution in [1.29, 1.82) is 0 Å². The van der Waals surface area contributed by atoms with Gasteiger partial charge in [0.05, 0.1) is 5.69 Å². The fourth-order valence-corrected chi connectivity index (χ4v) is 2.49. The van der Waals surface area contributed by atoms with E-state index in [2.05, 4.69) is 32.5 Å². The molecule has 0 spiro atoms. The Bertz CT molecular complexity index is 882. The largest absolute Gasteiger partial charge is 0.366 e. The molecule has 2 N–H and O–H groups in total. The highest BCUT2D eigenvalue weighted by molar-refractivity contribution is 5.63. The van der Waals surface area contributed by atoms with Gasteiger partial charge in [-0.1, -0.05) is 6.92 Å². The number of anilines is 2. The van der Waals surface area contributed by atoms with Gasteiger partial charge >= 0.3 is 0 Å². The van der Waals surface area contributed by atoms with Crippen molar-refractivity contribution in [3.05, 3.63) is 66.0 Å². The van der Waals surface area contributed by atoms with Crippen LogP contribution >= 0.6 is 0 Å². The van der Waals surface area contributed by atoms with E-state index in [-0.39, 0.29) is 12.6 Å². The summed E-state index contributed by atoms with van der Waals surface area (Å²) < 4.78 is 26.8. The van der Waals surface area contributed by atoms with Gasteiger partial charge in [0.25, 0.3) is 0 Å². The maximum atomic E-state index is 13.4. The Hall–Kier alpha value is -3.09. The van der Waals surface area contributed by atoms with Crippen molar-refractivity contribution in [1.82, 2.24) is 15.0 Å². The molecule has 0 aliphatic heterocycles. The van der Waals surface area contributed by atoms with Crippen molar-refractivity contribution in [2.75, 3.05) is 10.6 Å². The number of aromatic nitrogens is 3. The zero-order valence-corrected chi connectivity index (χ0v) is 15.2. The van der Waals surface area contributed by atoms with E-state index in [0.29, 0.717) is 23.0 Å². The number of halogens is 2. The fraction of sp³-hybridized carbons (Fsp3) is 0.250. The van der Waals surface area contributed by atoms with Crippen LogP contribution in [0.4, 0.5) is 20.5 Å². The predicted octanol–water partition coefficient (Wildman–Crippen LogP) is 4.64. The summed E-state index contributed by atoms with van der Waals surface area (Å²) in [5.41, 5.74) is 2.05. The van der Waals surface area contributed by atoms with Crippen LogP contribution in [0.2, 0.25) is 0 Å². The molecule has 0 bridgehead atoms. The summed E-state index contributed by atoms with van der Waals surface area (Å²) in [6, 6.07) is 9.17. The van der Waals surface area contributed by atoms with Gasteiger partial charge < -0.3 is 10.6 Å². The molecule has 27 heavy (non-hydrogen) atoms. The van der Waals surface area contributed by atoms with Gasteiger partial charge in [0.1, 0.15) is 17.5 Å². The van der Waals surface area contributed by atoms with E-state index in [4.69, 9.17) is 0 Å². The second-order valence-electron chi connectivity index (χ2n) is 6.29. The Labute approximate surface area is 156 Å². The van der Waals surface area contributed by atoms with Crippen molar-refractivity contribution in [3.8, 4) is 11.3 Å². The van der Waals surface area contributed by atoms with Crippen LogP contribution in [-0.2, 0) is 6.54 Å². The van der Waals surface area contributed by atoms with Gasteiger partial charge in [-0.25, -0.2) is 13.8 Å². The van der Waals surface area contributed by atoms with Gasteiger partial charge in [0.15, 0.2) is 0 Å². The summed E-state index contributed by atoms with van der Waals surface area (Å²) in [6.45, 7) is 4.35. The van der Waals surface area contributed by atoms with Gasteiger partial charge in [0.2, 0.25) is 5.95 Å². The van der Waals surface area contributed by atoms with Gasteiger partial charge in [0, 0.05) is 42.7 Å². The minimum Gasteiger partial charge on any atom is -0.366 e. The maximum Gasteiger partial charge on any atom is 0.225 e. The number of hydrogen-bond donors (Lipinski definition) is 2. The molecule has 0 saturated heterocycles. The first-order valence-corrected chi connectivity index (χ1v) is 8.78. The molecule has 7 heteroatoms. The lowest BCUT2D eigenvalue weighted by atomic mass is 10.2. The predicted molar refractivity (Wildman–Crippen MR) is 102 cm³/mol. The number of rotatable bonds is 7. The lowest BCUT2D eigenvalue weighted by molar-refractivity contribution is 0.580. The first kappa shape index (κ1) is 18.7. The van der Waals surface area contributed by atoms with Crippen LogP contribution < -0.4 is 10.6 Å². The van der Waals surface area contributed by atoms with Gasteiger partial charge in [-0.2, -0.15) is 4.98 Å². The smallest absolute Gasteiger partial charge is 0.225 e. The average Bonchev–Trinajstić information content (AvgIpc) is 2.66. The van der Waals surface area contributed by atoms with Crippen LogP contribution in [0.1, 0.15) is 25.8 Å². The van der Waals surface area contributed by atoms with E-state index < -0.39 is 11.6 Å². The maximum absolute atomic E-state index is 13.4. The molecule has 140 valence electrons. The normalized spacial score (nSPS) is 11.9. The molecule has 0 amide bonds. The number of nitrogens with one attached hydrogen (secondary N) is 2. The zero-order valence-electron chi connectivity index (χ0n) is 15.2. The minimum absolute atomic E-state index is 0.208. The van der Waals surface area contributed by atoms with Crippen molar-refractivity contribution >= 4 is 11.8 Å². The molecule has 0 aliphatic carbocycles. The van der Waals surface area contributed by atoms with Crippen LogP contribution in [0.25, 0.3) is 11.3 Å². The highest BCUT2D eigenvalue weighted by Gasteiger charge is 2.09. The van der Waals surface area contributed by atoms with E-state index >= 15 is 0 Å². The molecule has 0 radical (unpaired) electrons. The molecular weight excluding hydrogens is 348 g/mol. The minimum atomic E-state index is -0.607. The molecule has 1 aromatic carbocycles. The Morgan fingerprint density at radius 3 is 2.52 bits per heavy atom. The van der Waals surface area contributed by atoms with E-state index in [0.717, 1.165) is 18.1 Å². The monoisotopic (exact) mass is 369 g/mol. The highest BCUT2D eigenvalue weighted by Crippen LogP contribution is 2.22. The number of benzene rings is 1. The lowest BCUT2D eigenvalue weighted by Gasteiger charge is -2.14. The summed E-state index contributed by atoms with van der Waals surface area (Å²) in [7, 11) is 0. The van der Waals surface area contributed by atoms with Crippen LogP contribution in [0.15, 0.2) is 48.8 Å². The number of hydrogen-bond acceptors (Lipinski definition) is 5. The Kier molecular flexibility index (Phi) is 5.90. The summed E-state index contributed by atoms with van der Waals surface area (Å²) in [6.07, 6.45) is 4.34. The van der Waals surface area contributed by atoms with Crippen LogP contribution in [-0.4, -0.2) is 21.0 Å². The highest BCUT2D eigenvalue weighted by atomic mass is 19.1. The molecular formula is C20H21F2N5. The van der Waals surface area contributed by atoms with E-state index in [1.165, 1.54) is 12.1 Å². The Balaban J connectivity index is 1.87. The fourth-order valence-electron chi connectivity index (χ4n) is 2.49. The summed E-state index contributed by atoms with van der Waals surface area (Å²) in [4.78, 5) is 13.1. The first-order chi connectivity index (χ1) is 13.0. The van der Waals surface area contributed by atoms with Crippen molar-refractivity contribution in [2.24, 2.45) is 0 Å². The zero-order chi connectivity index (χ0) is 19.2.